The normalized spacial score (nSPS) is 18.7. The molecule has 5 nitrogen and oxygen atoms in total. The third-order valence-corrected chi connectivity index (χ3v) is 5.62. The van der Waals surface area contributed by atoms with Crippen LogP contribution in [0.1, 0.15) is 57.7 Å². The van der Waals surface area contributed by atoms with E-state index in [1.165, 1.54) is 5.56 Å². The molecule has 0 aromatic heterocycles. The molecule has 1 amide bonds. The van der Waals surface area contributed by atoms with Gasteiger partial charge in [0.2, 0.25) is 5.91 Å². The number of nitrogens with zero attached hydrogens (tertiary/aromatic N) is 1. The summed E-state index contributed by atoms with van der Waals surface area (Å²) < 4.78 is 6.00. The zero-order valence-electron chi connectivity index (χ0n) is 18.2. The Labute approximate surface area is 175 Å². The van der Waals surface area contributed by atoms with Gasteiger partial charge in [-0.1, -0.05) is 12.1 Å². The van der Waals surface area contributed by atoms with Gasteiger partial charge in [-0.25, -0.2) is 0 Å². The summed E-state index contributed by atoms with van der Waals surface area (Å²) in [5, 5.41) is 6.49. The number of nitrogens with one attached hydrogen (secondary N) is 2. The van der Waals surface area contributed by atoms with Crippen LogP contribution in [-0.4, -0.2) is 42.5 Å². The fraction of sp³-hybridized carbons (Fsp3) is 0.542. The van der Waals surface area contributed by atoms with Crippen LogP contribution in [0.4, 0.5) is 0 Å². The molecule has 5 heteroatoms. The van der Waals surface area contributed by atoms with Gasteiger partial charge in [-0.3, -0.25) is 9.69 Å². The van der Waals surface area contributed by atoms with Crippen molar-refractivity contribution >= 4 is 5.91 Å². The predicted octanol–water partition coefficient (Wildman–Crippen LogP) is 3.72. The molecule has 1 aromatic rings. The lowest BCUT2D eigenvalue weighted by molar-refractivity contribution is -0.123. The van der Waals surface area contributed by atoms with Crippen LogP contribution in [0.2, 0.25) is 0 Å². The number of allylic oxidation sites excluding steroid dienone is 3. The summed E-state index contributed by atoms with van der Waals surface area (Å²) in [5.41, 5.74) is 2.24. The van der Waals surface area contributed by atoms with Crippen molar-refractivity contribution in [2.24, 2.45) is 0 Å². The molecular weight excluding hydrogens is 362 g/mol. The lowest BCUT2D eigenvalue weighted by atomic mass is 9.93. The van der Waals surface area contributed by atoms with Gasteiger partial charge in [0.25, 0.3) is 0 Å². The average molecular weight is 398 g/mol. The van der Waals surface area contributed by atoms with E-state index in [2.05, 4.69) is 61.4 Å². The van der Waals surface area contributed by atoms with E-state index in [1.807, 2.05) is 18.2 Å². The van der Waals surface area contributed by atoms with Gasteiger partial charge < -0.3 is 15.4 Å². The molecule has 2 aliphatic rings. The molecule has 1 aliphatic heterocycles. The summed E-state index contributed by atoms with van der Waals surface area (Å²) in [6.45, 7) is 11.1. The molecule has 158 valence electrons. The highest BCUT2D eigenvalue weighted by atomic mass is 16.5. The molecule has 1 heterocycles. The van der Waals surface area contributed by atoms with Gasteiger partial charge in [-0.05, 0) is 82.4 Å². The Morgan fingerprint density at radius 2 is 2.03 bits per heavy atom. The minimum atomic E-state index is -0.298. The lowest BCUT2D eigenvalue weighted by Crippen LogP contribution is -2.46. The number of rotatable bonds is 8. The molecule has 0 spiro atoms. The first kappa shape index (κ1) is 21.6. The van der Waals surface area contributed by atoms with Crippen LogP contribution < -0.4 is 15.4 Å². The van der Waals surface area contributed by atoms with E-state index in [0.717, 1.165) is 49.4 Å². The largest absolute Gasteiger partial charge is 0.458 e. The van der Waals surface area contributed by atoms with E-state index in [9.17, 15) is 4.79 Å². The van der Waals surface area contributed by atoms with Crippen molar-refractivity contribution in [2.45, 2.75) is 65.1 Å². The molecule has 0 radical (unpaired) electrons. The summed E-state index contributed by atoms with van der Waals surface area (Å²) >= 11 is 0. The fourth-order valence-corrected chi connectivity index (χ4v) is 4.16. The van der Waals surface area contributed by atoms with Gasteiger partial charge >= 0.3 is 0 Å². The Kier molecular flexibility index (Phi) is 7.51. The van der Waals surface area contributed by atoms with Gasteiger partial charge in [0.15, 0.2) is 0 Å². The van der Waals surface area contributed by atoms with Gasteiger partial charge in [0, 0.05) is 31.7 Å². The van der Waals surface area contributed by atoms with Gasteiger partial charge in [-0.15, -0.1) is 0 Å². The minimum absolute atomic E-state index is 0.0463. The van der Waals surface area contributed by atoms with Crippen molar-refractivity contribution in [3.05, 3.63) is 53.3 Å². The highest BCUT2D eigenvalue weighted by Gasteiger charge is 2.26. The molecule has 2 N–H and O–H groups in total. The van der Waals surface area contributed by atoms with Crippen molar-refractivity contribution in [3.8, 4) is 5.75 Å². The third kappa shape index (κ3) is 5.71. The molecule has 3 rings (SSSR count). The predicted molar refractivity (Wildman–Crippen MR) is 118 cm³/mol. The van der Waals surface area contributed by atoms with Crippen LogP contribution >= 0.6 is 0 Å². The molecule has 0 bridgehead atoms. The average Bonchev–Trinajstić information content (AvgIpc) is 2.70. The van der Waals surface area contributed by atoms with E-state index in [0.29, 0.717) is 18.6 Å². The zero-order valence-corrected chi connectivity index (χ0v) is 18.2. The first-order valence-electron chi connectivity index (χ1n) is 10.9. The second-order valence-corrected chi connectivity index (χ2v) is 8.40. The zero-order chi connectivity index (χ0) is 20.8. The quantitative estimate of drug-likeness (QED) is 0.702. The maximum atomic E-state index is 12.8. The molecular formula is C24H35N3O2. The maximum Gasteiger partial charge on any atom is 0.241 e. The van der Waals surface area contributed by atoms with Gasteiger partial charge in [-0.2, -0.15) is 0 Å². The Morgan fingerprint density at radius 1 is 1.24 bits per heavy atom. The van der Waals surface area contributed by atoms with Crippen molar-refractivity contribution in [1.29, 1.82) is 0 Å². The number of carbonyl (C=O) groups excluding carboxylic acids is 1. The molecule has 0 saturated heterocycles. The Hall–Kier alpha value is -2.11. The van der Waals surface area contributed by atoms with E-state index in [1.54, 1.807) is 0 Å². The summed E-state index contributed by atoms with van der Waals surface area (Å²) in [6.07, 6.45) is 9.28. The van der Waals surface area contributed by atoms with E-state index in [-0.39, 0.29) is 11.9 Å². The smallest absolute Gasteiger partial charge is 0.241 e. The highest BCUT2D eigenvalue weighted by Crippen LogP contribution is 2.28. The monoisotopic (exact) mass is 397 g/mol. The minimum Gasteiger partial charge on any atom is -0.458 e. The van der Waals surface area contributed by atoms with Crippen LogP contribution in [0.15, 0.2) is 42.2 Å². The van der Waals surface area contributed by atoms with Crippen molar-refractivity contribution in [3.63, 3.8) is 0 Å². The standard InChI is InChI=1S/C24H35N3O2/c1-17(2)27(18(3)4)15-14-26-24(28)23-22-11-10-21(16-19(22)12-13-25-23)29-20-8-6-5-7-9-20/h6,8-11,16-18,23,25H,5,7,12-15H2,1-4H3,(H,26,28). The van der Waals surface area contributed by atoms with Crippen molar-refractivity contribution in [2.75, 3.05) is 19.6 Å². The molecule has 0 fully saturated rings. The number of benzene rings is 1. The second-order valence-electron chi connectivity index (χ2n) is 8.40. The molecule has 1 unspecified atom stereocenters. The fourth-order valence-electron chi connectivity index (χ4n) is 4.16. The van der Waals surface area contributed by atoms with Crippen LogP contribution in [0, 0.1) is 0 Å². The summed E-state index contributed by atoms with van der Waals surface area (Å²) in [7, 11) is 0. The number of carbonyl (C=O) groups is 1. The Balaban J connectivity index is 1.61. The van der Waals surface area contributed by atoms with Crippen LogP contribution in [0.3, 0.4) is 0 Å². The Bertz CT molecular complexity index is 759. The summed E-state index contributed by atoms with van der Waals surface area (Å²) in [6, 6.07) is 6.71. The Morgan fingerprint density at radius 3 is 2.72 bits per heavy atom. The lowest BCUT2D eigenvalue weighted by Gasteiger charge is -2.31. The topological polar surface area (TPSA) is 53.6 Å². The first-order valence-corrected chi connectivity index (χ1v) is 10.9. The number of hydrogen-bond acceptors (Lipinski definition) is 4. The number of ether oxygens (including phenoxy) is 1. The molecule has 0 saturated carbocycles. The number of amides is 1. The highest BCUT2D eigenvalue weighted by molar-refractivity contribution is 5.84. The summed E-state index contributed by atoms with van der Waals surface area (Å²) in [4.78, 5) is 15.2. The van der Waals surface area contributed by atoms with Crippen LogP contribution in [0.25, 0.3) is 0 Å². The number of fused-ring (bicyclic) bond motifs is 1. The van der Waals surface area contributed by atoms with Gasteiger partial charge in [0.1, 0.15) is 17.6 Å². The van der Waals surface area contributed by atoms with E-state index < -0.39 is 0 Å². The van der Waals surface area contributed by atoms with E-state index >= 15 is 0 Å². The molecule has 1 aromatic carbocycles. The number of hydrogen-bond donors (Lipinski definition) is 2. The third-order valence-electron chi connectivity index (χ3n) is 5.62. The first-order chi connectivity index (χ1) is 14.0. The van der Waals surface area contributed by atoms with Crippen molar-refractivity contribution in [1.82, 2.24) is 15.5 Å². The second kappa shape index (κ2) is 10.1. The summed E-state index contributed by atoms with van der Waals surface area (Å²) in [5.74, 6) is 1.79. The van der Waals surface area contributed by atoms with Gasteiger partial charge in [0.05, 0.1) is 0 Å². The molecule has 29 heavy (non-hydrogen) atoms. The molecule has 1 atom stereocenters. The van der Waals surface area contributed by atoms with Crippen molar-refractivity contribution < 1.29 is 9.53 Å². The maximum absolute atomic E-state index is 12.8. The molecule has 1 aliphatic carbocycles. The SMILES string of the molecule is CC(C)N(CCNC(=O)C1NCCc2cc(OC3=CCCC=C3)ccc21)C(C)C. The van der Waals surface area contributed by atoms with E-state index in [4.69, 9.17) is 4.74 Å². The van der Waals surface area contributed by atoms with Crippen LogP contribution in [0.5, 0.6) is 5.75 Å². The van der Waals surface area contributed by atoms with Crippen LogP contribution in [-0.2, 0) is 11.2 Å².